The molecule has 15 heavy (non-hydrogen) atoms. The Morgan fingerprint density at radius 3 is 2.33 bits per heavy atom. The molecule has 1 aromatic carbocycles. The summed E-state index contributed by atoms with van der Waals surface area (Å²) in [6.07, 6.45) is -4.72. The molecule has 1 atom stereocenters. The lowest BCUT2D eigenvalue weighted by molar-refractivity contribution is -0.140. The summed E-state index contributed by atoms with van der Waals surface area (Å²) >= 11 is 0. The molecule has 1 unspecified atom stereocenters. The summed E-state index contributed by atoms with van der Waals surface area (Å²) < 4.78 is 49.4. The first-order valence-electron chi connectivity index (χ1n) is 4.09. The van der Waals surface area contributed by atoms with Gasteiger partial charge in [0.2, 0.25) is 0 Å². The molecule has 1 aromatic rings. The molecule has 0 aromatic heterocycles. The van der Waals surface area contributed by atoms with Crippen molar-refractivity contribution >= 4 is 0 Å². The molecular weight excluding hydrogens is 214 g/mol. The van der Waals surface area contributed by atoms with Crippen LogP contribution in [0.1, 0.15) is 17.2 Å². The standard InChI is InChI=1S/C9H9F4NO/c10-7-3-5(8(14)4-15)1-2-6(7)9(11,12)13/h1-3,8,15H,4,14H2. The summed E-state index contributed by atoms with van der Waals surface area (Å²) in [6, 6.07) is 1.47. The largest absolute Gasteiger partial charge is 0.419 e. The van der Waals surface area contributed by atoms with Crippen LogP contribution in [0.15, 0.2) is 18.2 Å². The van der Waals surface area contributed by atoms with Gasteiger partial charge in [-0.1, -0.05) is 6.07 Å². The van der Waals surface area contributed by atoms with Crippen LogP contribution in [0.3, 0.4) is 0 Å². The Hall–Kier alpha value is -1.14. The average Bonchev–Trinajstić information content (AvgIpc) is 2.14. The zero-order valence-electron chi connectivity index (χ0n) is 7.55. The van der Waals surface area contributed by atoms with Gasteiger partial charge in [0.25, 0.3) is 0 Å². The lowest BCUT2D eigenvalue weighted by Crippen LogP contribution is -2.16. The first-order chi connectivity index (χ1) is 6.86. The number of aliphatic hydroxyl groups excluding tert-OH is 1. The molecule has 3 N–H and O–H groups in total. The first kappa shape index (κ1) is 11.9. The number of benzene rings is 1. The summed E-state index contributed by atoms with van der Waals surface area (Å²) in [5.41, 5.74) is 4.12. The Bertz CT molecular complexity index is 350. The molecule has 6 heteroatoms. The zero-order chi connectivity index (χ0) is 11.6. The number of hydrogen-bond donors (Lipinski definition) is 2. The highest BCUT2D eigenvalue weighted by Crippen LogP contribution is 2.32. The molecule has 0 heterocycles. The molecular formula is C9H9F4NO. The van der Waals surface area contributed by atoms with Crippen molar-refractivity contribution in [3.05, 3.63) is 35.1 Å². The van der Waals surface area contributed by atoms with E-state index in [0.29, 0.717) is 12.1 Å². The van der Waals surface area contributed by atoms with E-state index in [2.05, 4.69) is 0 Å². The van der Waals surface area contributed by atoms with Crippen LogP contribution in [0, 0.1) is 5.82 Å². The van der Waals surface area contributed by atoms with Crippen LogP contribution >= 0.6 is 0 Å². The Labute approximate surface area is 83.3 Å². The minimum Gasteiger partial charge on any atom is -0.394 e. The van der Waals surface area contributed by atoms with Crippen molar-refractivity contribution in [2.45, 2.75) is 12.2 Å². The van der Waals surface area contributed by atoms with Crippen molar-refractivity contribution in [2.75, 3.05) is 6.61 Å². The minimum absolute atomic E-state index is 0.128. The van der Waals surface area contributed by atoms with E-state index in [1.165, 1.54) is 0 Å². The highest BCUT2D eigenvalue weighted by molar-refractivity contribution is 5.28. The molecule has 0 fully saturated rings. The molecule has 0 radical (unpaired) electrons. The third-order valence-electron chi connectivity index (χ3n) is 1.92. The van der Waals surface area contributed by atoms with Crippen LogP contribution in [0.4, 0.5) is 17.6 Å². The van der Waals surface area contributed by atoms with Gasteiger partial charge in [0.1, 0.15) is 5.82 Å². The van der Waals surface area contributed by atoms with Gasteiger partial charge in [0.05, 0.1) is 18.2 Å². The monoisotopic (exact) mass is 223 g/mol. The first-order valence-corrected chi connectivity index (χ1v) is 4.09. The number of nitrogens with two attached hydrogens (primary N) is 1. The van der Waals surface area contributed by atoms with Crippen molar-refractivity contribution in [1.82, 2.24) is 0 Å². The lowest BCUT2D eigenvalue weighted by atomic mass is 10.1. The number of halogens is 4. The van der Waals surface area contributed by atoms with Crippen LogP contribution in [-0.4, -0.2) is 11.7 Å². The SMILES string of the molecule is NC(CO)c1ccc(C(F)(F)F)c(F)c1. The predicted octanol–water partition coefficient (Wildman–Crippen LogP) is 1.84. The Kier molecular flexibility index (Phi) is 3.31. The second-order valence-corrected chi connectivity index (χ2v) is 3.03. The summed E-state index contributed by atoms with van der Waals surface area (Å²) in [5.74, 6) is -1.39. The van der Waals surface area contributed by atoms with E-state index in [1.807, 2.05) is 0 Å². The average molecular weight is 223 g/mol. The topological polar surface area (TPSA) is 46.2 Å². The highest BCUT2D eigenvalue weighted by Gasteiger charge is 2.34. The Morgan fingerprint density at radius 1 is 1.33 bits per heavy atom. The van der Waals surface area contributed by atoms with Gasteiger partial charge in [-0.05, 0) is 17.7 Å². The second-order valence-electron chi connectivity index (χ2n) is 3.03. The van der Waals surface area contributed by atoms with E-state index in [1.54, 1.807) is 0 Å². The van der Waals surface area contributed by atoms with Gasteiger partial charge in [-0.15, -0.1) is 0 Å². The summed E-state index contributed by atoms with van der Waals surface area (Å²) in [4.78, 5) is 0. The van der Waals surface area contributed by atoms with Gasteiger partial charge in [-0.2, -0.15) is 13.2 Å². The van der Waals surface area contributed by atoms with Crippen molar-refractivity contribution < 1.29 is 22.7 Å². The van der Waals surface area contributed by atoms with Gasteiger partial charge in [0.15, 0.2) is 0 Å². The smallest absolute Gasteiger partial charge is 0.394 e. The third-order valence-corrected chi connectivity index (χ3v) is 1.92. The van der Waals surface area contributed by atoms with E-state index in [9.17, 15) is 17.6 Å². The minimum atomic E-state index is -4.72. The molecule has 0 amide bonds. The molecule has 84 valence electrons. The van der Waals surface area contributed by atoms with Crippen LogP contribution in [0.5, 0.6) is 0 Å². The van der Waals surface area contributed by atoms with Crippen molar-refractivity contribution in [3.63, 3.8) is 0 Å². The Balaban J connectivity index is 3.09. The zero-order valence-corrected chi connectivity index (χ0v) is 7.55. The van der Waals surface area contributed by atoms with Crippen LogP contribution in [0.25, 0.3) is 0 Å². The van der Waals surface area contributed by atoms with Gasteiger partial charge >= 0.3 is 6.18 Å². The second kappa shape index (κ2) is 4.16. The fourth-order valence-electron chi connectivity index (χ4n) is 1.10. The van der Waals surface area contributed by atoms with E-state index in [0.717, 1.165) is 6.07 Å². The molecule has 0 saturated carbocycles. The molecule has 0 bridgehead atoms. The lowest BCUT2D eigenvalue weighted by Gasteiger charge is -2.12. The van der Waals surface area contributed by atoms with Crippen LogP contribution in [0.2, 0.25) is 0 Å². The van der Waals surface area contributed by atoms with Crippen LogP contribution in [-0.2, 0) is 6.18 Å². The fourth-order valence-corrected chi connectivity index (χ4v) is 1.10. The number of hydrogen-bond acceptors (Lipinski definition) is 2. The molecule has 0 aliphatic carbocycles. The number of alkyl halides is 3. The maximum atomic E-state index is 13.0. The quantitative estimate of drug-likeness (QED) is 0.751. The van der Waals surface area contributed by atoms with E-state index in [-0.39, 0.29) is 5.56 Å². The molecule has 0 aliphatic rings. The highest BCUT2D eigenvalue weighted by atomic mass is 19.4. The number of rotatable bonds is 2. The summed E-state index contributed by atoms with van der Waals surface area (Å²) in [7, 11) is 0. The van der Waals surface area contributed by atoms with Crippen molar-refractivity contribution in [1.29, 1.82) is 0 Å². The predicted molar refractivity (Wildman–Crippen MR) is 45.4 cm³/mol. The molecule has 0 saturated heterocycles. The van der Waals surface area contributed by atoms with Gasteiger partial charge < -0.3 is 10.8 Å². The van der Waals surface area contributed by atoms with E-state index in [4.69, 9.17) is 10.8 Å². The van der Waals surface area contributed by atoms with E-state index >= 15 is 0 Å². The van der Waals surface area contributed by atoms with E-state index < -0.39 is 30.2 Å². The van der Waals surface area contributed by atoms with Crippen molar-refractivity contribution in [2.24, 2.45) is 5.73 Å². The van der Waals surface area contributed by atoms with Gasteiger partial charge in [-0.25, -0.2) is 4.39 Å². The van der Waals surface area contributed by atoms with Gasteiger partial charge in [-0.3, -0.25) is 0 Å². The molecule has 1 rings (SSSR count). The third kappa shape index (κ3) is 2.66. The fraction of sp³-hybridized carbons (Fsp3) is 0.333. The molecule has 2 nitrogen and oxygen atoms in total. The Morgan fingerprint density at radius 2 is 1.93 bits per heavy atom. The normalized spacial score (nSPS) is 14.0. The van der Waals surface area contributed by atoms with Crippen LogP contribution < -0.4 is 5.73 Å². The molecule has 0 spiro atoms. The summed E-state index contributed by atoms with van der Waals surface area (Å²) in [6.45, 7) is -0.454. The van der Waals surface area contributed by atoms with Crippen molar-refractivity contribution in [3.8, 4) is 0 Å². The maximum Gasteiger partial charge on any atom is 0.419 e. The van der Waals surface area contributed by atoms with Gasteiger partial charge in [0, 0.05) is 0 Å². The molecule has 0 aliphatic heterocycles. The number of aliphatic hydroxyl groups is 1. The maximum absolute atomic E-state index is 13.0. The summed E-state index contributed by atoms with van der Waals surface area (Å²) in [5, 5.41) is 8.64.